The highest BCUT2D eigenvalue weighted by Crippen LogP contribution is 2.64. The zero-order valence-corrected chi connectivity index (χ0v) is 42.6. The summed E-state index contributed by atoms with van der Waals surface area (Å²) in [6.45, 7) is 2.44. The molecule has 0 saturated heterocycles. The summed E-state index contributed by atoms with van der Waals surface area (Å²) in [5.41, 5.74) is 21.7. The second-order valence-electron chi connectivity index (χ2n) is 21.0. The van der Waals surface area contributed by atoms with Crippen molar-refractivity contribution in [3.63, 3.8) is 0 Å². The minimum absolute atomic E-state index is 0.113. The second kappa shape index (κ2) is 18.6. The zero-order chi connectivity index (χ0) is 50.6. The van der Waals surface area contributed by atoms with Crippen LogP contribution < -0.4 is 4.90 Å². The highest BCUT2D eigenvalue weighted by atomic mass is 15.2. The molecule has 0 saturated carbocycles. The number of benzene rings is 10. The van der Waals surface area contributed by atoms with Crippen molar-refractivity contribution in [2.45, 2.75) is 30.6 Å². The Labute approximate surface area is 446 Å². The van der Waals surface area contributed by atoms with Gasteiger partial charge in [-0.2, -0.15) is 0 Å². The molecule has 0 amide bonds. The highest BCUT2D eigenvalue weighted by molar-refractivity contribution is 6.10. The molecule has 0 N–H and O–H groups in total. The molecule has 0 aliphatic heterocycles. The van der Waals surface area contributed by atoms with Crippen molar-refractivity contribution in [3.8, 4) is 39.1 Å². The molecule has 10 aromatic carbocycles. The molecule has 0 radical (unpaired) electrons. The minimum Gasteiger partial charge on any atom is -0.310 e. The number of para-hydroxylation sites is 2. The van der Waals surface area contributed by atoms with E-state index in [1.165, 1.54) is 94.3 Å². The van der Waals surface area contributed by atoms with Gasteiger partial charge >= 0.3 is 0 Å². The van der Waals surface area contributed by atoms with Crippen LogP contribution in [0, 0.1) is 5.92 Å². The number of aromatic nitrogens is 1. The number of anilines is 2. The van der Waals surface area contributed by atoms with Crippen LogP contribution in [0.15, 0.2) is 314 Å². The molecular formula is C74H56N2. The number of fused-ring (bicyclic) bond motifs is 5. The summed E-state index contributed by atoms with van der Waals surface area (Å²) in [6.07, 6.45) is 11.7. The van der Waals surface area contributed by atoms with Gasteiger partial charge in [-0.05, 0) is 146 Å². The average molecular weight is 973 g/mol. The lowest BCUT2D eigenvalue weighted by Gasteiger charge is -2.44. The first-order valence-electron chi connectivity index (χ1n) is 26.8. The average Bonchev–Trinajstić information content (AvgIpc) is 4.06. The molecule has 0 fully saturated rings. The molecule has 2 nitrogen and oxygen atoms in total. The Morgan fingerprint density at radius 2 is 0.934 bits per heavy atom. The van der Waals surface area contributed by atoms with Gasteiger partial charge in [0.25, 0.3) is 0 Å². The minimum atomic E-state index is -0.428. The molecule has 14 rings (SSSR count). The van der Waals surface area contributed by atoms with Crippen molar-refractivity contribution < 1.29 is 0 Å². The number of nitrogens with zero attached hydrogens (tertiary/aromatic N) is 2. The van der Waals surface area contributed by atoms with Gasteiger partial charge in [0.2, 0.25) is 0 Å². The maximum Gasteiger partial charge on any atom is 0.0541 e. The van der Waals surface area contributed by atoms with Gasteiger partial charge in [-0.15, -0.1) is 0 Å². The fraction of sp³-hybridized carbons (Fsp3) is 0.0811. The van der Waals surface area contributed by atoms with Crippen molar-refractivity contribution in [2.75, 3.05) is 4.90 Å². The number of hydrogen-bond donors (Lipinski definition) is 0. The van der Waals surface area contributed by atoms with E-state index in [0.29, 0.717) is 0 Å². The van der Waals surface area contributed by atoms with Crippen molar-refractivity contribution in [2.24, 2.45) is 5.92 Å². The van der Waals surface area contributed by atoms with Crippen molar-refractivity contribution in [1.29, 1.82) is 0 Å². The summed E-state index contributed by atoms with van der Waals surface area (Å²) in [5.74, 6) is 0.113. The van der Waals surface area contributed by atoms with Crippen LogP contribution in [-0.2, 0) is 10.8 Å². The van der Waals surface area contributed by atoms with E-state index in [1.807, 2.05) is 0 Å². The Morgan fingerprint density at radius 1 is 0.421 bits per heavy atom. The summed E-state index contributed by atoms with van der Waals surface area (Å²) >= 11 is 0. The molecule has 3 aliphatic carbocycles. The van der Waals surface area contributed by atoms with E-state index in [9.17, 15) is 0 Å². The molecular weight excluding hydrogens is 917 g/mol. The molecule has 11 aromatic rings. The quantitative estimate of drug-likeness (QED) is 0.133. The summed E-state index contributed by atoms with van der Waals surface area (Å²) in [4.78, 5) is 2.58. The first kappa shape index (κ1) is 45.4. The first-order valence-corrected chi connectivity index (χ1v) is 26.8. The normalized spacial score (nSPS) is 17.5. The molecule has 2 unspecified atom stereocenters. The maximum absolute atomic E-state index is 2.58. The molecule has 362 valence electrons. The highest BCUT2D eigenvalue weighted by Gasteiger charge is 2.56. The van der Waals surface area contributed by atoms with E-state index < -0.39 is 5.41 Å². The topological polar surface area (TPSA) is 8.17 Å². The first-order chi connectivity index (χ1) is 37.5. The molecule has 1 aromatic heterocycles. The molecule has 0 bridgehead atoms. The molecule has 2 atom stereocenters. The lowest BCUT2D eigenvalue weighted by atomic mass is 9.59. The van der Waals surface area contributed by atoms with Crippen LogP contribution in [0.2, 0.25) is 0 Å². The largest absolute Gasteiger partial charge is 0.310 e. The predicted octanol–water partition coefficient (Wildman–Crippen LogP) is 19.0. The van der Waals surface area contributed by atoms with Gasteiger partial charge < -0.3 is 9.47 Å². The number of allylic oxidation sites excluding steroid dienone is 7. The van der Waals surface area contributed by atoms with E-state index in [0.717, 1.165) is 29.9 Å². The van der Waals surface area contributed by atoms with Gasteiger partial charge in [0, 0.05) is 50.3 Å². The molecule has 1 heterocycles. The Kier molecular flexibility index (Phi) is 11.1. The van der Waals surface area contributed by atoms with Gasteiger partial charge in [-0.3, -0.25) is 0 Å². The predicted molar refractivity (Wildman–Crippen MR) is 318 cm³/mol. The fourth-order valence-electron chi connectivity index (χ4n) is 13.2. The molecule has 2 heteroatoms. The van der Waals surface area contributed by atoms with Gasteiger partial charge in [-0.25, -0.2) is 0 Å². The number of hydrogen-bond acceptors (Lipinski definition) is 1. The van der Waals surface area contributed by atoms with Crippen LogP contribution >= 0.6 is 0 Å². The smallest absolute Gasteiger partial charge is 0.0541 e. The van der Waals surface area contributed by atoms with Gasteiger partial charge in [0.05, 0.1) is 11.0 Å². The van der Waals surface area contributed by atoms with E-state index in [-0.39, 0.29) is 11.3 Å². The summed E-state index contributed by atoms with van der Waals surface area (Å²) in [5, 5.41) is 2.49. The van der Waals surface area contributed by atoms with Crippen LogP contribution in [0.5, 0.6) is 0 Å². The molecule has 76 heavy (non-hydrogen) atoms. The Hall–Kier alpha value is -9.24. The standard InChI is InChI=1S/C74H56N2/c1-73(58-27-12-4-13-28-58)46-45-65-68(51-73)74(59-29-14-5-15-30-59,60-31-16-6-17-32-60)67-36-22-38-71(72(65)67)75(63-48-56(52-23-8-2-9-24-52)47-57(49-63)53-25-10-3-11-26-53)62-42-39-54(40-43-62)55-41-44-70-66(50-55)64-35-20-21-37-69(64)76(70)61-33-18-7-19-34-61/h2-35,37-50,67H,36,51H2,1H3. The van der Waals surface area contributed by atoms with E-state index in [4.69, 9.17) is 0 Å². The van der Waals surface area contributed by atoms with E-state index >= 15 is 0 Å². The van der Waals surface area contributed by atoms with E-state index in [2.05, 4.69) is 308 Å². The maximum atomic E-state index is 2.58. The van der Waals surface area contributed by atoms with Crippen molar-refractivity contribution >= 4 is 33.2 Å². The lowest BCUT2D eigenvalue weighted by molar-refractivity contribution is 0.417. The monoisotopic (exact) mass is 972 g/mol. The Bertz CT molecular complexity index is 3980. The van der Waals surface area contributed by atoms with Crippen LogP contribution in [0.4, 0.5) is 11.4 Å². The molecule has 3 aliphatic rings. The third kappa shape index (κ3) is 7.47. The molecule has 0 spiro atoms. The number of rotatable bonds is 10. The fourth-order valence-corrected chi connectivity index (χ4v) is 13.2. The summed E-state index contributed by atoms with van der Waals surface area (Å²) in [7, 11) is 0. The summed E-state index contributed by atoms with van der Waals surface area (Å²) in [6, 6.07) is 98.8. The zero-order valence-electron chi connectivity index (χ0n) is 42.6. The van der Waals surface area contributed by atoms with Gasteiger partial charge in [-0.1, -0.05) is 231 Å². The van der Waals surface area contributed by atoms with Crippen LogP contribution in [0.25, 0.3) is 60.9 Å². The second-order valence-corrected chi connectivity index (χ2v) is 21.0. The van der Waals surface area contributed by atoms with Crippen LogP contribution in [0.1, 0.15) is 36.5 Å². The van der Waals surface area contributed by atoms with E-state index in [1.54, 1.807) is 0 Å². The summed E-state index contributed by atoms with van der Waals surface area (Å²) < 4.78 is 2.39. The van der Waals surface area contributed by atoms with Crippen molar-refractivity contribution in [3.05, 3.63) is 330 Å². The third-order valence-electron chi connectivity index (χ3n) is 16.7. The van der Waals surface area contributed by atoms with Gasteiger partial charge in [0.15, 0.2) is 0 Å². The van der Waals surface area contributed by atoms with Crippen LogP contribution in [0.3, 0.4) is 0 Å². The Balaban J connectivity index is 1.00. The third-order valence-corrected chi connectivity index (χ3v) is 16.7. The SMILES string of the molecule is CC1(c2ccccc2)C=CC2=C(C1)C(c1ccccc1)(c1ccccc1)C1CC=CC(N(c3ccc(-c4ccc5c(c4)c4ccccc4n5-c4ccccc4)cc3)c3cc(-c4ccccc4)cc(-c4ccccc4)c3)=C21. The lowest BCUT2D eigenvalue weighted by Crippen LogP contribution is -2.39. The van der Waals surface area contributed by atoms with Gasteiger partial charge in [0.1, 0.15) is 0 Å². The van der Waals surface area contributed by atoms with Crippen LogP contribution in [-0.4, -0.2) is 4.57 Å². The Morgan fingerprint density at radius 3 is 1.55 bits per heavy atom. The van der Waals surface area contributed by atoms with Crippen molar-refractivity contribution in [1.82, 2.24) is 4.57 Å².